The van der Waals surface area contributed by atoms with Crippen molar-refractivity contribution in [3.8, 4) is 5.69 Å². The van der Waals surface area contributed by atoms with E-state index >= 15 is 0 Å². The highest BCUT2D eigenvalue weighted by Crippen LogP contribution is 2.27. The Hall–Kier alpha value is -3.24. The molecule has 30 heavy (non-hydrogen) atoms. The number of H-pyrrole nitrogens is 1. The molecule has 4 rings (SSSR count). The lowest BCUT2D eigenvalue weighted by atomic mass is 10.1. The number of rotatable bonds is 5. The van der Waals surface area contributed by atoms with Crippen LogP contribution in [0, 0.1) is 4.77 Å². The lowest BCUT2D eigenvalue weighted by molar-refractivity contribution is -0.138. The van der Waals surface area contributed by atoms with Gasteiger partial charge in [-0.25, -0.2) is 9.48 Å². The quantitative estimate of drug-likeness (QED) is 0.517. The van der Waals surface area contributed by atoms with Gasteiger partial charge in [0.1, 0.15) is 6.04 Å². The lowest BCUT2D eigenvalue weighted by Crippen LogP contribution is -2.37. The second-order valence-corrected chi connectivity index (χ2v) is 7.66. The molecule has 0 bridgehead atoms. The number of aromatic nitrogens is 4. The first-order chi connectivity index (χ1) is 14.4. The zero-order valence-electron chi connectivity index (χ0n) is 15.5. The van der Waals surface area contributed by atoms with Crippen LogP contribution in [0.1, 0.15) is 16.8 Å². The van der Waals surface area contributed by atoms with E-state index in [1.54, 1.807) is 53.4 Å². The minimum Gasteiger partial charge on any atom is -0.480 e. The fourth-order valence-electron chi connectivity index (χ4n) is 3.51. The van der Waals surface area contributed by atoms with Crippen molar-refractivity contribution in [1.82, 2.24) is 25.5 Å². The van der Waals surface area contributed by atoms with Crippen LogP contribution in [-0.4, -0.2) is 55.8 Å². The van der Waals surface area contributed by atoms with Gasteiger partial charge >= 0.3 is 5.97 Å². The van der Waals surface area contributed by atoms with Crippen LogP contribution < -0.4 is 10.2 Å². The molecule has 2 aromatic carbocycles. The second kappa shape index (κ2) is 8.25. The van der Waals surface area contributed by atoms with Crippen LogP contribution in [0.5, 0.6) is 0 Å². The number of benzene rings is 2. The predicted octanol–water partition coefficient (Wildman–Crippen LogP) is 2.44. The smallest absolute Gasteiger partial charge is 0.326 e. The Balaban J connectivity index is 1.51. The summed E-state index contributed by atoms with van der Waals surface area (Å²) in [6.45, 7) is 0.375. The van der Waals surface area contributed by atoms with Gasteiger partial charge in [-0.2, -0.15) is 5.21 Å². The van der Waals surface area contributed by atoms with Crippen molar-refractivity contribution in [2.75, 3.05) is 11.4 Å². The largest absolute Gasteiger partial charge is 0.480 e. The Bertz CT molecular complexity index is 1150. The van der Waals surface area contributed by atoms with Crippen molar-refractivity contribution in [2.24, 2.45) is 0 Å². The topological polar surface area (TPSA) is 116 Å². The fourth-order valence-corrected chi connectivity index (χ4v) is 3.83. The van der Waals surface area contributed by atoms with Crippen molar-refractivity contribution >= 4 is 41.4 Å². The van der Waals surface area contributed by atoms with Gasteiger partial charge in [0.2, 0.25) is 4.77 Å². The third-order valence-electron chi connectivity index (χ3n) is 4.92. The average Bonchev–Trinajstić information content (AvgIpc) is 3.35. The number of carboxylic acid groups (broad SMARTS) is 1. The number of amides is 1. The molecular weight excluding hydrogens is 428 g/mol. The van der Waals surface area contributed by atoms with Gasteiger partial charge in [-0.15, -0.1) is 0 Å². The maximum absolute atomic E-state index is 12.8. The Morgan fingerprint density at radius 2 is 1.97 bits per heavy atom. The second-order valence-electron chi connectivity index (χ2n) is 6.86. The van der Waals surface area contributed by atoms with E-state index in [2.05, 4.69) is 20.8 Å². The van der Waals surface area contributed by atoms with E-state index in [4.69, 9.17) is 23.8 Å². The fraction of sp³-hybridized carbons (Fsp3) is 0.211. The first kappa shape index (κ1) is 20.0. The van der Waals surface area contributed by atoms with E-state index in [-0.39, 0.29) is 16.7 Å². The molecule has 3 aromatic rings. The summed E-state index contributed by atoms with van der Waals surface area (Å²) in [7, 11) is 0. The van der Waals surface area contributed by atoms with E-state index in [1.807, 2.05) is 0 Å². The summed E-state index contributed by atoms with van der Waals surface area (Å²) >= 11 is 11.0. The standard InChI is InChI=1S/C19H17ClN6O3S/c20-12-4-6-14(7-5-12)25-10-13(9-16(25)18(28)29)21-17(27)11-2-1-3-15(8-11)26-19(30)22-23-24-26/h1-8,13,16H,9-10H2,(H,21,27)(H,28,29)(H,22,24,30). The molecule has 1 aliphatic heterocycles. The van der Waals surface area contributed by atoms with Gasteiger partial charge in [0.25, 0.3) is 5.91 Å². The number of tetrazole rings is 1. The number of aromatic amines is 1. The van der Waals surface area contributed by atoms with Crippen LogP contribution in [-0.2, 0) is 4.79 Å². The van der Waals surface area contributed by atoms with E-state index in [1.165, 1.54) is 4.68 Å². The van der Waals surface area contributed by atoms with Crippen LogP contribution in [0.3, 0.4) is 0 Å². The van der Waals surface area contributed by atoms with Crippen molar-refractivity contribution in [1.29, 1.82) is 0 Å². The lowest BCUT2D eigenvalue weighted by Gasteiger charge is -2.23. The molecule has 0 saturated carbocycles. The number of hydrogen-bond donors (Lipinski definition) is 3. The third kappa shape index (κ3) is 4.05. The van der Waals surface area contributed by atoms with E-state index in [0.717, 1.165) is 5.69 Å². The molecule has 11 heteroatoms. The molecule has 0 spiro atoms. The summed E-state index contributed by atoms with van der Waals surface area (Å²) in [6, 6.07) is 12.7. The maximum atomic E-state index is 12.8. The van der Waals surface area contributed by atoms with E-state index < -0.39 is 12.0 Å². The van der Waals surface area contributed by atoms with Crippen molar-refractivity contribution < 1.29 is 14.7 Å². The van der Waals surface area contributed by atoms with Gasteiger partial charge in [-0.1, -0.05) is 28.0 Å². The molecule has 1 saturated heterocycles. The normalized spacial score (nSPS) is 18.4. The van der Waals surface area contributed by atoms with E-state index in [9.17, 15) is 14.7 Å². The number of carbonyl (C=O) groups excluding carboxylic acids is 1. The van der Waals surface area contributed by atoms with Gasteiger partial charge in [-0.05, 0) is 54.7 Å². The molecule has 2 atom stereocenters. The minimum atomic E-state index is -0.940. The van der Waals surface area contributed by atoms with Crippen molar-refractivity contribution in [3.63, 3.8) is 0 Å². The Labute approximate surface area is 181 Å². The molecular formula is C19H17ClN6O3S. The summed E-state index contributed by atoms with van der Waals surface area (Å²) in [5, 5.41) is 23.1. The summed E-state index contributed by atoms with van der Waals surface area (Å²) in [5.74, 6) is -1.24. The van der Waals surface area contributed by atoms with Gasteiger partial charge in [0.15, 0.2) is 0 Å². The highest BCUT2D eigenvalue weighted by Gasteiger charge is 2.37. The summed E-state index contributed by atoms with van der Waals surface area (Å²) in [6.07, 6.45) is 0.291. The highest BCUT2D eigenvalue weighted by molar-refractivity contribution is 7.71. The molecule has 1 amide bonds. The average molecular weight is 445 g/mol. The number of hydrogen-bond acceptors (Lipinski definition) is 6. The zero-order valence-corrected chi connectivity index (χ0v) is 17.1. The number of aliphatic carboxylic acids is 1. The van der Waals surface area contributed by atoms with Crippen molar-refractivity contribution in [2.45, 2.75) is 18.5 Å². The zero-order chi connectivity index (χ0) is 21.3. The monoisotopic (exact) mass is 444 g/mol. The highest BCUT2D eigenvalue weighted by atomic mass is 35.5. The summed E-state index contributed by atoms with van der Waals surface area (Å²) in [5.41, 5.74) is 1.78. The number of nitrogens with one attached hydrogen (secondary N) is 2. The molecule has 0 aliphatic carbocycles. The molecule has 3 N–H and O–H groups in total. The van der Waals surface area contributed by atoms with Crippen LogP contribution >= 0.6 is 23.8 Å². The Kier molecular flexibility index (Phi) is 5.51. The molecule has 1 fully saturated rings. The SMILES string of the molecule is O=C(NC1CC(C(=O)O)N(c2ccc(Cl)cc2)C1)c1cccc(-n2[nH]nnc2=S)c1. The maximum Gasteiger partial charge on any atom is 0.326 e. The van der Waals surface area contributed by atoms with Gasteiger partial charge in [0.05, 0.1) is 5.69 Å². The number of nitrogens with zero attached hydrogens (tertiary/aromatic N) is 4. The molecule has 0 radical (unpaired) electrons. The predicted molar refractivity (Wildman–Crippen MR) is 113 cm³/mol. The number of carboxylic acids is 1. The first-order valence-electron chi connectivity index (χ1n) is 9.09. The molecule has 1 aromatic heterocycles. The van der Waals surface area contributed by atoms with E-state index in [0.29, 0.717) is 29.2 Å². The summed E-state index contributed by atoms with van der Waals surface area (Å²) in [4.78, 5) is 26.3. The van der Waals surface area contributed by atoms with Crippen LogP contribution in [0.25, 0.3) is 5.69 Å². The van der Waals surface area contributed by atoms with Crippen molar-refractivity contribution in [3.05, 3.63) is 63.9 Å². The Morgan fingerprint density at radius 1 is 1.20 bits per heavy atom. The number of anilines is 1. The molecule has 2 heterocycles. The van der Waals surface area contributed by atoms with Gasteiger partial charge in [0, 0.05) is 35.3 Å². The number of carbonyl (C=O) groups is 2. The summed E-state index contributed by atoms with van der Waals surface area (Å²) < 4.78 is 1.72. The third-order valence-corrected chi connectivity index (χ3v) is 5.43. The van der Waals surface area contributed by atoms with Crippen LogP contribution in [0.2, 0.25) is 5.02 Å². The van der Waals surface area contributed by atoms with Crippen LogP contribution in [0.4, 0.5) is 5.69 Å². The molecule has 2 unspecified atom stereocenters. The van der Waals surface area contributed by atoms with Gasteiger partial charge in [-0.3, -0.25) is 4.79 Å². The molecule has 1 aliphatic rings. The first-order valence-corrected chi connectivity index (χ1v) is 9.87. The molecule has 9 nitrogen and oxygen atoms in total. The molecule has 154 valence electrons. The van der Waals surface area contributed by atoms with Crippen LogP contribution in [0.15, 0.2) is 48.5 Å². The Morgan fingerprint density at radius 3 is 2.63 bits per heavy atom. The minimum absolute atomic E-state index is 0.242. The number of halogens is 1. The van der Waals surface area contributed by atoms with Gasteiger partial charge < -0.3 is 15.3 Å².